The summed E-state index contributed by atoms with van der Waals surface area (Å²) in [7, 11) is -3.73. The van der Waals surface area contributed by atoms with Crippen molar-refractivity contribution >= 4 is 27.5 Å². The Morgan fingerprint density at radius 3 is 2.66 bits per heavy atom. The number of sulfonamides is 1. The third-order valence-electron chi connectivity index (χ3n) is 5.24. The van der Waals surface area contributed by atoms with E-state index in [0.29, 0.717) is 30.6 Å². The van der Waals surface area contributed by atoms with Crippen molar-refractivity contribution in [1.82, 2.24) is 19.8 Å². The van der Waals surface area contributed by atoms with Gasteiger partial charge < -0.3 is 4.57 Å². The number of rotatable bonds is 6. The van der Waals surface area contributed by atoms with Gasteiger partial charge in [0.15, 0.2) is 5.82 Å². The van der Waals surface area contributed by atoms with Crippen molar-refractivity contribution in [2.75, 3.05) is 0 Å². The molecule has 0 atom stereocenters. The van der Waals surface area contributed by atoms with Crippen LogP contribution in [0.5, 0.6) is 0 Å². The van der Waals surface area contributed by atoms with E-state index in [9.17, 15) is 17.6 Å². The van der Waals surface area contributed by atoms with E-state index in [4.69, 9.17) is 11.6 Å². The number of amides is 1. The number of hydrogen-bond acceptors (Lipinski definition) is 4. The summed E-state index contributed by atoms with van der Waals surface area (Å²) in [5, 5.41) is -0.789. The largest absolute Gasteiger partial charge is 0.329 e. The first-order chi connectivity index (χ1) is 13.7. The van der Waals surface area contributed by atoms with Crippen LogP contribution in [0.2, 0.25) is 5.02 Å². The molecule has 1 heterocycles. The molecule has 3 rings (SSSR count). The van der Waals surface area contributed by atoms with E-state index in [1.165, 1.54) is 12.1 Å². The van der Waals surface area contributed by atoms with Gasteiger partial charge in [-0.3, -0.25) is 10.2 Å². The molecule has 2 aromatic rings. The zero-order valence-corrected chi connectivity index (χ0v) is 17.9. The normalized spacial score (nSPS) is 15.4. The molecule has 1 aliphatic rings. The van der Waals surface area contributed by atoms with Crippen molar-refractivity contribution < 1.29 is 17.6 Å². The number of aryl methyl sites for hydroxylation is 1. The lowest BCUT2D eigenvalue weighted by atomic mass is 10.0. The first kappa shape index (κ1) is 21.7. The highest BCUT2D eigenvalue weighted by Gasteiger charge is 2.28. The Kier molecular flexibility index (Phi) is 6.60. The Labute approximate surface area is 174 Å². The van der Waals surface area contributed by atoms with Crippen LogP contribution < -0.4 is 10.3 Å². The lowest BCUT2D eigenvalue weighted by molar-refractivity contribution is 0.0941. The van der Waals surface area contributed by atoms with Gasteiger partial charge in [-0.15, -0.1) is 4.83 Å². The van der Waals surface area contributed by atoms with Gasteiger partial charge in [-0.25, -0.2) is 17.8 Å². The van der Waals surface area contributed by atoms with Gasteiger partial charge in [0.1, 0.15) is 5.82 Å². The smallest absolute Gasteiger partial charge is 0.269 e. The number of nitrogens with zero attached hydrogens (tertiary/aromatic N) is 2. The Balaban J connectivity index is 1.84. The van der Waals surface area contributed by atoms with Crippen LogP contribution in [0.25, 0.3) is 11.3 Å². The van der Waals surface area contributed by atoms with E-state index in [1.807, 2.05) is 18.4 Å². The fourth-order valence-corrected chi connectivity index (χ4v) is 5.22. The van der Waals surface area contributed by atoms with Crippen molar-refractivity contribution in [2.45, 2.75) is 57.7 Å². The molecule has 1 fully saturated rings. The lowest BCUT2D eigenvalue weighted by Gasteiger charge is -2.22. The van der Waals surface area contributed by atoms with Crippen molar-refractivity contribution in [3.8, 4) is 11.3 Å². The summed E-state index contributed by atoms with van der Waals surface area (Å²) in [4.78, 5) is 18.9. The van der Waals surface area contributed by atoms with Gasteiger partial charge in [0, 0.05) is 12.1 Å². The molecule has 158 valence electrons. The molecule has 0 aliphatic heterocycles. The molecule has 0 spiro atoms. The average Bonchev–Trinajstić information content (AvgIpc) is 3.09. The van der Waals surface area contributed by atoms with Crippen LogP contribution in [-0.2, 0) is 16.6 Å². The van der Waals surface area contributed by atoms with Gasteiger partial charge in [-0.2, -0.15) is 0 Å². The summed E-state index contributed by atoms with van der Waals surface area (Å²) >= 11 is 6.00. The van der Waals surface area contributed by atoms with Gasteiger partial charge in [0.25, 0.3) is 5.91 Å². The molecule has 1 aromatic heterocycles. The predicted octanol–water partition coefficient (Wildman–Crippen LogP) is 3.57. The van der Waals surface area contributed by atoms with E-state index < -0.39 is 27.0 Å². The van der Waals surface area contributed by atoms with E-state index in [2.05, 4.69) is 15.2 Å². The molecule has 1 aliphatic carbocycles. The monoisotopic (exact) mass is 442 g/mol. The van der Waals surface area contributed by atoms with Crippen LogP contribution >= 0.6 is 11.6 Å². The summed E-state index contributed by atoms with van der Waals surface area (Å²) < 4.78 is 41.2. The zero-order chi connectivity index (χ0) is 21.2. The van der Waals surface area contributed by atoms with Gasteiger partial charge in [-0.1, -0.05) is 30.9 Å². The molecule has 0 radical (unpaired) electrons. The van der Waals surface area contributed by atoms with Gasteiger partial charge in [-0.05, 0) is 38.8 Å². The third-order valence-corrected chi connectivity index (χ3v) is 7.25. The first-order valence-corrected chi connectivity index (χ1v) is 11.5. The lowest BCUT2D eigenvalue weighted by Crippen LogP contribution is -2.46. The summed E-state index contributed by atoms with van der Waals surface area (Å²) in [5.41, 5.74) is 2.97. The second-order valence-corrected chi connectivity index (χ2v) is 9.48. The minimum Gasteiger partial charge on any atom is -0.329 e. The number of carbonyl (C=O) groups is 1. The maximum atomic E-state index is 14.5. The fourth-order valence-electron chi connectivity index (χ4n) is 3.64. The highest BCUT2D eigenvalue weighted by Crippen LogP contribution is 2.29. The SMILES string of the molecule is CCn1c(-c2cc(Cl)c(F)c(C(=O)NNS(=O)(=O)C3CCCCC3)c2)cnc1C. The van der Waals surface area contributed by atoms with E-state index in [-0.39, 0.29) is 10.6 Å². The molecule has 1 amide bonds. The molecular weight excluding hydrogens is 419 g/mol. The number of imidazole rings is 1. The van der Waals surface area contributed by atoms with Gasteiger partial charge in [0.2, 0.25) is 10.0 Å². The standard InChI is InChI=1S/C19H24ClFN4O3S/c1-3-25-12(2)22-11-17(25)13-9-15(18(21)16(20)10-13)19(26)23-24-29(27,28)14-7-5-4-6-8-14/h9-11,14,24H,3-8H2,1-2H3,(H,23,26). The van der Waals surface area contributed by atoms with Crippen molar-refractivity contribution in [3.63, 3.8) is 0 Å². The molecule has 1 aromatic carbocycles. The summed E-state index contributed by atoms with van der Waals surface area (Å²) in [6.07, 6.45) is 5.37. The number of halogens is 2. The van der Waals surface area contributed by atoms with Gasteiger partial charge >= 0.3 is 0 Å². The van der Waals surface area contributed by atoms with E-state index in [1.54, 1.807) is 6.20 Å². The van der Waals surface area contributed by atoms with Crippen molar-refractivity contribution in [2.24, 2.45) is 0 Å². The second kappa shape index (κ2) is 8.81. The van der Waals surface area contributed by atoms with E-state index >= 15 is 0 Å². The second-order valence-electron chi connectivity index (χ2n) is 7.12. The van der Waals surface area contributed by atoms with Crippen LogP contribution in [0.15, 0.2) is 18.3 Å². The number of aromatic nitrogens is 2. The molecular formula is C19H24ClFN4O3S. The fraction of sp³-hybridized carbons (Fsp3) is 0.474. The minimum absolute atomic E-state index is 0.232. The van der Waals surface area contributed by atoms with Crippen LogP contribution in [0.1, 0.15) is 55.2 Å². The van der Waals surface area contributed by atoms with Crippen LogP contribution in [-0.4, -0.2) is 29.1 Å². The number of carbonyl (C=O) groups excluding carboxylic acids is 1. The highest BCUT2D eigenvalue weighted by atomic mass is 35.5. The molecule has 0 unspecified atom stereocenters. The molecule has 1 saturated carbocycles. The third kappa shape index (κ3) is 4.62. The number of hydrazine groups is 1. The Hall–Kier alpha value is -1.97. The Morgan fingerprint density at radius 2 is 2.00 bits per heavy atom. The maximum absolute atomic E-state index is 14.5. The molecule has 2 N–H and O–H groups in total. The summed E-state index contributed by atoms with van der Waals surface area (Å²) in [6.45, 7) is 4.42. The molecule has 10 heteroatoms. The minimum atomic E-state index is -3.73. The zero-order valence-electron chi connectivity index (χ0n) is 16.3. The van der Waals surface area contributed by atoms with Crippen LogP contribution in [0.3, 0.4) is 0 Å². The predicted molar refractivity (Wildman–Crippen MR) is 109 cm³/mol. The van der Waals surface area contributed by atoms with Crippen LogP contribution in [0.4, 0.5) is 4.39 Å². The Bertz CT molecular complexity index is 1020. The quantitative estimate of drug-likeness (QED) is 0.669. The highest BCUT2D eigenvalue weighted by molar-refractivity contribution is 7.90. The van der Waals surface area contributed by atoms with E-state index in [0.717, 1.165) is 25.1 Å². The maximum Gasteiger partial charge on any atom is 0.269 e. The number of hydrogen-bond donors (Lipinski definition) is 2. The topological polar surface area (TPSA) is 93.1 Å². The molecule has 7 nitrogen and oxygen atoms in total. The van der Waals surface area contributed by atoms with Crippen molar-refractivity contribution in [1.29, 1.82) is 0 Å². The number of nitrogens with one attached hydrogen (secondary N) is 2. The molecule has 0 saturated heterocycles. The summed E-state index contributed by atoms with van der Waals surface area (Å²) in [6, 6.07) is 2.76. The molecule has 29 heavy (non-hydrogen) atoms. The van der Waals surface area contributed by atoms with Crippen molar-refractivity contribution in [3.05, 3.63) is 40.6 Å². The molecule has 0 bridgehead atoms. The number of benzene rings is 1. The average molecular weight is 443 g/mol. The first-order valence-electron chi connectivity index (χ1n) is 9.57. The van der Waals surface area contributed by atoms with Crippen LogP contribution in [0, 0.1) is 12.7 Å². The summed E-state index contributed by atoms with van der Waals surface area (Å²) in [5.74, 6) is -1.05. The Morgan fingerprint density at radius 1 is 1.31 bits per heavy atom. The van der Waals surface area contributed by atoms with Gasteiger partial charge in [0.05, 0.1) is 27.7 Å².